The topological polar surface area (TPSA) is 148 Å². The third-order valence-corrected chi connectivity index (χ3v) is 1.91. The van der Waals surface area contributed by atoms with Gasteiger partial charge in [-0.15, -0.1) is 0 Å². The fraction of sp³-hybridized carbons (Fsp3) is 0.111. The molecule has 1 atom stereocenters. The van der Waals surface area contributed by atoms with Crippen LogP contribution in [0.2, 0.25) is 0 Å². The Morgan fingerprint density at radius 3 is 2.06 bits per heavy atom. The standard InChI is InChI=1S/C9HN5O2.Na/c10-1-5-6(2-11)9(4-13,8(15)16)14-7(5)3-12;/h(H,15,16);/q;+1/p-1. The largest absolute Gasteiger partial charge is 1.00 e. The molecule has 0 spiro atoms. The molecular weight excluding hydrogens is 233 g/mol. The number of aliphatic carboxylic acids is 1. The summed E-state index contributed by atoms with van der Waals surface area (Å²) in [6, 6.07) is 5.60. The predicted molar refractivity (Wildman–Crippen MR) is 44.7 cm³/mol. The van der Waals surface area contributed by atoms with E-state index in [1.54, 1.807) is 0 Å². The van der Waals surface area contributed by atoms with Gasteiger partial charge in [-0.05, 0) is 0 Å². The maximum atomic E-state index is 10.8. The van der Waals surface area contributed by atoms with Gasteiger partial charge in [-0.2, -0.15) is 21.0 Å². The van der Waals surface area contributed by atoms with Gasteiger partial charge in [0.1, 0.15) is 29.8 Å². The Morgan fingerprint density at radius 1 is 1.18 bits per heavy atom. The minimum atomic E-state index is -2.58. The van der Waals surface area contributed by atoms with E-state index in [1.807, 2.05) is 0 Å². The van der Waals surface area contributed by atoms with Gasteiger partial charge in [0.25, 0.3) is 0 Å². The number of nitriles is 4. The summed E-state index contributed by atoms with van der Waals surface area (Å²) in [6.07, 6.45) is 0. The van der Waals surface area contributed by atoms with Crippen molar-refractivity contribution in [3.05, 3.63) is 11.1 Å². The smallest absolute Gasteiger partial charge is 0.546 e. The molecule has 0 aromatic carbocycles. The molecule has 0 fully saturated rings. The second-order valence-corrected chi connectivity index (χ2v) is 2.66. The second-order valence-electron chi connectivity index (χ2n) is 2.66. The molecule has 0 aliphatic carbocycles. The van der Waals surface area contributed by atoms with E-state index in [-0.39, 0.29) is 29.6 Å². The molecule has 8 heteroatoms. The molecule has 1 heterocycles. The fourth-order valence-corrected chi connectivity index (χ4v) is 1.18. The number of aliphatic imine (C=N–C) groups is 1. The zero-order valence-electron chi connectivity index (χ0n) is 8.55. The summed E-state index contributed by atoms with van der Waals surface area (Å²) < 4.78 is 0. The first-order valence-electron chi connectivity index (χ1n) is 3.75. The van der Waals surface area contributed by atoms with Gasteiger partial charge in [-0.1, -0.05) is 0 Å². The van der Waals surface area contributed by atoms with Crippen LogP contribution in [0, 0.1) is 45.3 Å². The van der Waals surface area contributed by atoms with Crippen LogP contribution < -0.4 is 34.7 Å². The van der Waals surface area contributed by atoms with Gasteiger partial charge in [0, 0.05) is 0 Å². The molecule has 17 heavy (non-hydrogen) atoms. The molecule has 0 radical (unpaired) electrons. The van der Waals surface area contributed by atoms with Crippen molar-refractivity contribution in [1.29, 1.82) is 21.0 Å². The van der Waals surface area contributed by atoms with Crippen molar-refractivity contribution in [3.63, 3.8) is 0 Å². The zero-order chi connectivity index (χ0) is 12.3. The van der Waals surface area contributed by atoms with Crippen LogP contribution in [0.5, 0.6) is 0 Å². The summed E-state index contributed by atoms with van der Waals surface area (Å²) in [4.78, 5) is 14.1. The minimum absolute atomic E-state index is 0. The van der Waals surface area contributed by atoms with Crippen LogP contribution >= 0.6 is 0 Å². The Morgan fingerprint density at radius 2 is 1.76 bits per heavy atom. The van der Waals surface area contributed by atoms with Crippen LogP contribution in [0.4, 0.5) is 0 Å². The van der Waals surface area contributed by atoms with Crippen molar-refractivity contribution in [3.8, 4) is 24.3 Å². The van der Waals surface area contributed by atoms with E-state index in [9.17, 15) is 9.90 Å². The number of hydrogen-bond acceptors (Lipinski definition) is 7. The molecule has 0 aromatic heterocycles. The maximum absolute atomic E-state index is 10.8. The van der Waals surface area contributed by atoms with E-state index < -0.39 is 28.4 Å². The van der Waals surface area contributed by atoms with Gasteiger partial charge in [-0.25, -0.2) is 4.99 Å². The molecule has 1 unspecified atom stereocenters. The average molecular weight is 233 g/mol. The summed E-state index contributed by atoms with van der Waals surface area (Å²) in [5, 5.41) is 45.5. The molecule has 1 aliphatic heterocycles. The number of rotatable bonds is 1. The quantitative estimate of drug-likeness (QED) is 0.415. The van der Waals surface area contributed by atoms with Crippen molar-refractivity contribution in [2.24, 2.45) is 4.99 Å². The van der Waals surface area contributed by atoms with Gasteiger partial charge in [0.05, 0.1) is 11.5 Å². The average Bonchev–Trinajstić information content (AvgIpc) is 2.62. The van der Waals surface area contributed by atoms with E-state index >= 15 is 0 Å². The Kier molecular flexibility index (Phi) is 4.59. The Bertz CT molecular complexity index is 607. The molecule has 0 saturated carbocycles. The van der Waals surface area contributed by atoms with E-state index in [4.69, 9.17) is 21.0 Å². The van der Waals surface area contributed by atoms with Gasteiger partial charge in [-0.3, -0.25) is 0 Å². The van der Waals surface area contributed by atoms with Crippen molar-refractivity contribution < 1.29 is 39.5 Å². The fourth-order valence-electron chi connectivity index (χ4n) is 1.18. The van der Waals surface area contributed by atoms with E-state index in [0.717, 1.165) is 0 Å². The zero-order valence-corrected chi connectivity index (χ0v) is 10.6. The second kappa shape index (κ2) is 5.25. The van der Waals surface area contributed by atoms with Crippen LogP contribution in [-0.2, 0) is 4.79 Å². The van der Waals surface area contributed by atoms with Gasteiger partial charge in [0.2, 0.25) is 5.54 Å². The summed E-state index contributed by atoms with van der Waals surface area (Å²) in [5.74, 6) is -1.94. The van der Waals surface area contributed by atoms with Crippen LogP contribution in [0.25, 0.3) is 0 Å². The summed E-state index contributed by atoms with van der Waals surface area (Å²) in [6.45, 7) is 0. The Balaban J connectivity index is 0.00000256. The molecular formula is C9N5NaO2. The first-order valence-corrected chi connectivity index (χ1v) is 3.75. The van der Waals surface area contributed by atoms with Crippen molar-refractivity contribution >= 4 is 11.7 Å². The normalized spacial score (nSPS) is 21.1. The Labute approximate surface area is 118 Å². The molecule has 1 rings (SSSR count). The van der Waals surface area contributed by atoms with Crippen molar-refractivity contribution in [1.82, 2.24) is 0 Å². The molecule has 1 aliphatic rings. The number of carbonyl (C=O) groups excluding carboxylic acids is 1. The summed E-state index contributed by atoms with van der Waals surface area (Å²) >= 11 is 0. The first-order chi connectivity index (χ1) is 7.57. The first kappa shape index (κ1) is 14.8. The number of carboxylic acid groups (broad SMARTS) is 1. The molecule has 74 valence electrons. The molecule has 0 saturated heterocycles. The summed E-state index contributed by atoms with van der Waals surface area (Å²) in [7, 11) is 0. The monoisotopic (exact) mass is 233 g/mol. The SMILES string of the molecule is N#CC1=NC(C#N)(C(=O)[O-])C(C#N)=C1C#N.[Na+]. The third-order valence-electron chi connectivity index (χ3n) is 1.91. The molecule has 0 bridgehead atoms. The van der Waals surface area contributed by atoms with Crippen LogP contribution in [-0.4, -0.2) is 17.2 Å². The number of allylic oxidation sites excluding steroid dienone is 1. The number of carbonyl (C=O) groups is 1. The van der Waals surface area contributed by atoms with Crippen molar-refractivity contribution in [2.75, 3.05) is 0 Å². The maximum Gasteiger partial charge on any atom is 1.00 e. The van der Waals surface area contributed by atoms with Crippen LogP contribution in [0.3, 0.4) is 0 Å². The number of carboxylic acids is 1. The van der Waals surface area contributed by atoms with Crippen LogP contribution in [0.15, 0.2) is 16.1 Å². The minimum Gasteiger partial charge on any atom is -0.546 e. The van der Waals surface area contributed by atoms with Crippen molar-refractivity contribution in [2.45, 2.75) is 5.54 Å². The third kappa shape index (κ3) is 1.91. The Hall–Kier alpha value is -2.16. The predicted octanol–water partition coefficient (Wildman–Crippen LogP) is -4.68. The molecule has 0 aromatic rings. The van der Waals surface area contributed by atoms with E-state index in [2.05, 4.69) is 4.99 Å². The molecule has 7 nitrogen and oxygen atoms in total. The van der Waals surface area contributed by atoms with E-state index in [0.29, 0.717) is 0 Å². The van der Waals surface area contributed by atoms with Gasteiger partial charge in [0.15, 0.2) is 5.71 Å². The molecule has 0 N–H and O–H groups in total. The van der Waals surface area contributed by atoms with E-state index in [1.165, 1.54) is 24.3 Å². The molecule has 0 amide bonds. The number of hydrogen-bond donors (Lipinski definition) is 0. The number of nitrogens with zero attached hydrogens (tertiary/aromatic N) is 5. The van der Waals surface area contributed by atoms with Gasteiger partial charge < -0.3 is 9.90 Å². The summed E-state index contributed by atoms with van der Waals surface area (Å²) in [5.41, 5.74) is -4.32. The van der Waals surface area contributed by atoms with Crippen LogP contribution in [0.1, 0.15) is 0 Å². The van der Waals surface area contributed by atoms with Gasteiger partial charge >= 0.3 is 29.6 Å².